The quantitative estimate of drug-likeness (QED) is 0.419. The van der Waals surface area contributed by atoms with Crippen LogP contribution in [0.15, 0.2) is 58.9 Å². The summed E-state index contributed by atoms with van der Waals surface area (Å²) in [4.78, 5) is 35.0. The lowest BCUT2D eigenvalue weighted by atomic mass is 9.97. The van der Waals surface area contributed by atoms with Crippen LogP contribution in [-0.4, -0.2) is 33.6 Å². The van der Waals surface area contributed by atoms with Crippen LogP contribution in [0.25, 0.3) is 11.4 Å². The highest BCUT2D eigenvalue weighted by molar-refractivity contribution is 8.00. The lowest BCUT2D eigenvalue weighted by Crippen LogP contribution is -2.36. The fourth-order valence-electron chi connectivity index (χ4n) is 3.92. The van der Waals surface area contributed by atoms with Crippen LogP contribution < -0.4 is 10.6 Å². The molecule has 1 saturated carbocycles. The van der Waals surface area contributed by atoms with Crippen LogP contribution in [-0.2, 0) is 4.79 Å². The van der Waals surface area contributed by atoms with Crippen molar-refractivity contribution in [1.82, 2.24) is 15.3 Å². The van der Waals surface area contributed by atoms with Crippen molar-refractivity contribution in [1.29, 1.82) is 0 Å². The summed E-state index contributed by atoms with van der Waals surface area (Å²) < 4.78 is 0. The summed E-state index contributed by atoms with van der Waals surface area (Å²) in [7, 11) is 0. The average Bonchev–Trinajstić information content (AvgIpc) is 3.28. The molecule has 3 aromatic rings. The van der Waals surface area contributed by atoms with E-state index in [9.17, 15) is 9.59 Å². The number of benzene rings is 1. The van der Waals surface area contributed by atoms with Crippen LogP contribution in [0.5, 0.6) is 0 Å². The first-order valence-electron chi connectivity index (χ1n) is 11.4. The first kappa shape index (κ1) is 23.4. The molecule has 33 heavy (non-hydrogen) atoms. The molecule has 0 aliphatic heterocycles. The molecule has 2 heterocycles. The van der Waals surface area contributed by atoms with Gasteiger partial charge in [0.05, 0.1) is 17.0 Å². The molecule has 0 atom stereocenters. The highest BCUT2D eigenvalue weighted by Crippen LogP contribution is 2.27. The Kier molecular flexibility index (Phi) is 8.49. The number of amides is 2. The Balaban J connectivity index is 1.34. The Hall–Kier alpha value is -2.71. The van der Waals surface area contributed by atoms with Crippen molar-refractivity contribution in [3.63, 3.8) is 0 Å². The number of pyridine rings is 1. The molecule has 4 rings (SSSR count). The smallest absolute Gasteiger partial charge is 0.258 e. The number of anilines is 1. The first-order valence-corrected chi connectivity index (χ1v) is 13.2. The van der Waals surface area contributed by atoms with E-state index in [4.69, 9.17) is 0 Å². The van der Waals surface area contributed by atoms with Crippen molar-refractivity contribution in [3.8, 4) is 11.4 Å². The molecule has 1 aliphatic rings. The van der Waals surface area contributed by atoms with Crippen molar-refractivity contribution < 1.29 is 9.59 Å². The molecule has 0 radical (unpaired) electrons. The number of hydrogen-bond donors (Lipinski definition) is 2. The summed E-state index contributed by atoms with van der Waals surface area (Å²) in [6, 6.07) is 13.3. The highest BCUT2D eigenvalue weighted by atomic mass is 32.2. The Morgan fingerprint density at radius 3 is 2.52 bits per heavy atom. The van der Waals surface area contributed by atoms with Gasteiger partial charge in [0.15, 0.2) is 5.13 Å². The van der Waals surface area contributed by atoms with Gasteiger partial charge in [-0.1, -0.05) is 50.3 Å². The molecule has 1 fully saturated rings. The number of hydrogen-bond acceptors (Lipinski definition) is 6. The zero-order valence-corrected chi connectivity index (χ0v) is 20.1. The molecule has 2 amide bonds. The van der Waals surface area contributed by atoms with Crippen molar-refractivity contribution in [3.05, 3.63) is 59.6 Å². The molecule has 172 valence electrons. The number of rotatable bonds is 7. The lowest BCUT2D eigenvalue weighted by molar-refractivity contribution is -0.119. The van der Waals surface area contributed by atoms with Gasteiger partial charge in [-0.2, -0.15) is 0 Å². The molecule has 6 nitrogen and oxygen atoms in total. The Bertz CT molecular complexity index is 1060. The zero-order valence-electron chi connectivity index (χ0n) is 18.5. The number of aromatic nitrogens is 2. The second-order valence-corrected chi connectivity index (χ2v) is 9.98. The van der Waals surface area contributed by atoms with Gasteiger partial charge in [0.25, 0.3) is 5.91 Å². The highest BCUT2D eigenvalue weighted by Gasteiger charge is 2.17. The Morgan fingerprint density at radius 1 is 0.970 bits per heavy atom. The van der Waals surface area contributed by atoms with E-state index >= 15 is 0 Å². The minimum absolute atomic E-state index is 0.0284. The van der Waals surface area contributed by atoms with E-state index in [1.54, 1.807) is 12.3 Å². The standard InChI is InChI=1S/C25H28N4O2S2/c30-23(27-18-10-4-2-1-3-5-11-18)17-32-22-14-7-6-12-19(22)24(31)29-25-28-21(16-33-25)20-13-8-9-15-26-20/h6-9,12-16,18H,1-5,10-11,17H2,(H,27,30)(H,28,29,31). The third kappa shape index (κ3) is 6.88. The molecule has 0 unspecified atom stereocenters. The van der Waals surface area contributed by atoms with Crippen LogP contribution in [0.1, 0.15) is 55.3 Å². The second kappa shape index (κ2) is 12.0. The van der Waals surface area contributed by atoms with Gasteiger partial charge < -0.3 is 5.32 Å². The van der Waals surface area contributed by atoms with E-state index < -0.39 is 0 Å². The van der Waals surface area contributed by atoms with E-state index in [2.05, 4.69) is 20.6 Å². The summed E-state index contributed by atoms with van der Waals surface area (Å²) >= 11 is 2.75. The van der Waals surface area contributed by atoms with E-state index in [0.29, 0.717) is 16.4 Å². The predicted molar refractivity (Wildman–Crippen MR) is 135 cm³/mol. The number of nitrogens with zero attached hydrogens (tertiary/aromatic N) is 2. The third-order valence-corrected chi connectivity index (χ3v) is 7.44. The lowest BCUT2D eigenvalue weighted by Gasteiger charge is -2.21. The maximum atomic E-state index is 12.9. The maximum Gasteiger partial charge on any atom is 0.258 e. The number of carbonyl (C=O) groups excluding carboxylic acids is 2. The molecular weight excluding hydrogens is 452 g/mol. The number of nitrogens with one attached hydrogen (secondary N) is 2. The fourth-order valence-corrected chi connectivity index (χ4v) is 5.48. The molecule has 0 saturated heterocycles. The number of thiazole rings is 1. The monoisotopic (exact) mass is 480 g/mol. The van der Waals surface area contributed by atoms with E-state index in [1.807, 2.05) is 41.8 Å². The first-order chi connectivity index (χ1) is 16.2. The normalized spacial score (nSPS) is 14.8. The zero-order chi connectivity index (χ0) is 22.9. The molecule has 0 bridgehead atoms. The van der Waals surface area contributed by atoms with Gasteiger partial charge in [-0.15, -0.1) is 23.1 Å². The van der Waals surface area contributed by atoms with Crippen LogP contribution in [0.2, 0.25) is 0 Å². The molecule has 2 aromatic heterocycles. The van der Waals surface area contributed by atoms with Crippen molar-refractivity contribution >= 4 is 40.0 Å². The number of carbonyl (C=O) groups is 2. The fraction of sp³-hybridized carbons (Fsp3) is 0.360. The van der Waals surface area contributed by atoms with Crippen LogP contribution in [0.3, 0.4) is 0 Å². The van der Waals surface area contributed by atoms with Gasteiger partial charge in [-0.25, -0.2) is 4.98 Å². The average molecular weight is 481 g/mol. The predicted octanol–water partition coefficient (Wildman–Crippen LogP) is 5.78. The maximum absolute atomic E-state index is 12.9. The van der Waals surface area contributed by atoms with E-state index in [1.165, 1.54) is 55.2 Å². The van der Waals surface area contributed by atoms with Crippen LogP contribution >= 0.6 is 23.1 Å². The Morgan fingerprint density at radius 2 is 1.73 bits per heavy atom. The second-order valence-electron chi connectivity index (χ2n) is 8.10. The molecule has 8 heteroatoms. The van der Waals surface area contributed by atoms with E-state index in [0.717, 1.165) is 29.1 Å². The van der Waals surface area contributed by atoms with Crippen LogP contribution in [0.4, 0.5) is 5.13 Å². The van der Waals surface area contributed by atoms with Gasteiger partial charge in [0.2, 0.25) is 5.91 Å². The summed E-state index contributed by atoms with van der Waals surface area (Å²) in [6.07, 6.45) is 10.0. The minimum atomic E-state index is -0.236. The van der Waals surface area contributed by atoms with Crippen molar-refractivity contribution in [2.45, 2.75) is 55.9 Å². The van der Waals surface area contributed by atoms with Crippen molar-refractivity contribution in [2.24, 2.45) is 0 Å². The van der Waals surface area contributed by atoms with Gasteiger partial charge in [0.1, 0.15) is 5.69 Å². The summed E-state index contributed by atoms with van der Waals surface area (Å²) in [5, 5.41) is 8.46. The molecule has 2 N–H and O–H groups in total. The largest absolute Gasteiger partial charge is 0.353 e. The molecular formula is C25H28N4O2S2. The Labute approximate surface area is 202 Å². The van der Waals surface area contributed by atoms with Crippen LogP contribution in [0, 0.1) is 0 Å². The number of thioether (sulfide) groups is 1. The summed E-state index contributed by atoms with van der Waals surface area (Å²) in [5.41, 5.74) is 2.03. The van der Waals surface area contributed by atoms with Gasteiger partial charge in [-0.05, 0) is 37.1 Å². The molecule has 0 spiro atoms. The SMILES string of the molecule is O=C(CSc1ccccc1C(=O)Nc1nc(-c2ccccn2)cs1)NC1CCCCCCC1. The van der Waals surface area contributed by atoms with E-state index in [-0.39, 0.29) is 17.9 Å². The summed E-state index contributed by atoms with van der Waals surface area (Å²) in [6.45, 7) is 0. The molecule has 1 aromatic carbocycles. The summed E-state index contributed by atoms with van der Waals surface area (Å²) in [5.74, 6) is 0.0863. The van der Waals surface area contributed by atoms with Gasteiger partial charge in [-0.3, -0.25) is 19.9 Å². The third-order valence-electron chi connectivity index (χ3n) is 5.61. The molecule has 1 aliphatic carbocycles. The van der Waals surface area contributed by atoms with Gasteiger partial charge in [0, 0.05) is 22.5 Å². The van der Waals surface area contributed by atoms with Crippen molar-refractivity contribution in [2.75, 3.05) is 11.1 Å². The topological polar surface area (TPSA) is 84.0 Å². The van der Waals surface area contributed by atoms with Gasteiger partial charge >= 0.3 is 0 Å². The minimum Gasteiger partial charge on any atom is -0.353 e.